The van der Waals surface area contributed by atoms with Crippen molar-refractivity contribution in [3.63, 3.8) is 0 Å². The molecular formula is C12H17NO5S. The predicted octanol–water partition coefficient (Wildman–Crippen LogP) is 2.14. The molecule has 0 saturated carbocycles. The largest absolute Gasteiger partial charge is 0.475 e. The summed E-state index contributed by atoms with van der Waals surface area (Å²) in [5.74, 6) is -1.45. The van der Waals surface area contributed by atoms with E-state index < -0.39 is 21.1 Å². The Morgan fingerprint density at radius 3 is 2.58 bits per heavy atom. The zero-order valence-electron chi connectivity index (χ0n) is 10.9. The normalized spacial score (nSPS) is 22.6. The number of carbonyl (C=O) groups is 1. The first-order valence-electron chi connectivity index (χ1n) is 6.28. The van der Waals surface area contributed by atoms with Crippen molar-refractivity contribution in [2.75, 3.05) is 5.75 Å². The molecular weight excluding hydrogens is 270 g/mol. The Labute approximate surface area is 111 Å². The minimum atomic E-state index is -3.28. The summed E-state index contributed by atoms with van der Waals surface area (Å²) in [5.41, 5.74) is 0.309. The van der Waals surface area contributed by atoms with Gasteiger partial charge in [0.25, 0.3) is 0 Å². The van der Waals surface area contributed by atoms with Gasteiger partial charge in [-0.05, 0) is 18.8 Å². The molecule has 0 bridgehead atoms. The molecule has 1 aromatic heterocycles. The number of carboxylic acid groups (broad SMARTS) is 1. The second-order valence-corrected chi connectivity index (χ2v) is 7.38. The van der Waals surface area contributed by atoms with Gasteiger partial charge in [0.05, 0.1) is 11.4 Å². The van der Waals surface area contributed by atoms with Gasteiger partial charge in [-0.15, -0.1) is 0 Å². The maximum atomic E-state index is 12.0. The lowest BCUT2D eigenvalue weighted by atomic mass is 10.1. The van der Waals surface area contributed by atoms with E-state index in [1.54, 1.807) is 13.8 Å². The van der Waals surface area contributed by atoms with Crippen LogP contribution in [0.4, 0.5) is 0 Å². The lowest BCUT2D eigenvalue weighted by Gasteiger charge is -2.19. The van der Waals surface area contributed by atoms with Crippen LogP contribution in [0.2, 0.25) is 0 Å². The van der Waals surface area contributed by atoms with Crippen molar-refractivity contribution in [1.82, 2.24) is 4.98 Å². The Morgan fingerprint density at radius 2 is 2.11 bits per heavy atom. The highest BCUT2D eigenvalue weighted by Gasteiger charge is 2.36. The Bertz CT molecular complexity index is 587. The quantitative estimate of drug-likeness (QED) is 0.914. The highest BCUT2D eigenvalue weighted by molar-refractivity contribution is 7.91. The molecule has 0 amide bonds. The second-order valence-electron chi connectivity index (χ2n) is 5.08. The monoisotopic (exact) mass is 287 g/mol. The Hall–Kier alpha value is -1.37. The summed E-state index contributed by atoms with van der Waals surface area (Å²) in [6.45, 7) is 3.59. The van der Waals surface area contributed by atoms with Gasteiger partial charge in [0.15, 0.2) is 9.84 Å². The summed E-state index contributed by atoms with van der Waals surface area (Å²) < 4.78 is 29.2. The highest BCUT2D eigenvalue weighted by atomic mass is 32.2. The Kier molecular flexibility index (Phi) is 3.66. The van der Waals surface area contributed by atoms with Crippen LogP contribution in [0.15, 0.2) is 4.42 Å². The molecule has 0 aliphatic carbocycles. The summed E-state index contributed by atoms with van der Waals surface area (Å²) in [5, 5.41) is 8.27. The van der Waals surface area contributed by atoms with Crippen molar-refractivity contribution >= 4 is 15.8 Å². The van der Waals surface area contributed by atoms with Crippen LogP contribution in [0.25, 0.3) is 0 Å². The van der Waals surface area contributed by atoms with Crippen molar-refractivity contribution in [1.29, 1.82) is 0 Å². The fraction of sp³-hybridized carbons (Fsp3) is 0.667. The number of hydrogen-bond acceptors (Lipinski definition) is 5. The summed E-state index contributed by atoms with van der Waals surface area (Å²) >= 11 is 0. The van der Waals surface area contributed by atoms with Crippen LogP contribution in [-0.4, -0.2) is 30.2 Å². The molecule has 0 aromatic carbocycles. The molecule has 2 heterocycles. The molecule has 19 heavy (non-hydrogen) atoms. The van der Waals surface area contributed by atoms with E-state index in [0.29, 0.717) is 18.5 Å². The van der Waals surface area contributed by atoms with Crippen LogP contribution >= 0.6 is 0 Å². The van der Waals surface area contributed by atoms with Crippen molar-refractivity contribution in [2.45, 2.75) is 44.3 Å². The number of sulfone groups is 1. The zero-order chi connectivity index (χ0) is 14.2. The lowest BCUT2D eigenvalue weighted by molar-refractivity contribution is 0.0658. The van der Waals surface area contributed by atoms with Gasteiger partial charge >= 0.3 is 5.97 Å². The average Bonchev–Trinajstić information content (AvgIpc) is 2.73. The molecule has 1 aromatic rings. The number of rotatable bonds is 3. The smallest absolute Gasteiger partial charge is 0.373 e. The van der Waals surface area contributed by atoms with Crippen molar-refractivity contribution < 1.29 is 22.7 Å². The van der Waals surface area contributed by atoms with Crippen molar-refractivity contribution in [3.05, 3.63) is 17.3 Å². The van der Waals surface area contributed by atoms with Crippen LogP contribution in [0.3, 0.4) is 0 Å². The Balaban J connectivity index is 2.46. The van der Waals surface area contributed by atoms with E-state index in [1.807, 2.05) is 0 Å². The molecule has 1 unspecified atom stereocenters. The van der Waals surface area contributed by atoms with Crippen LogP contribution in [0, 0.1) is 0 Å². The van der Waals surface area contributed by atoms with Crippen LogP contribution in [0.1, 0.15) is 66.4 Å². The number of oxazole rings is 1. The van der Waals surface area contributed by atoms with Crippen molar-refractivity contribution in [3.8, 4) is 0 Å². The number of carboxylic acids is 1. The molecule has 0 spiro atoms. The average molecular weight is 287 g/mol. The molecule has 2 rings (SSSR count). The van der Waals surface area contributed by atoms with Gasteiger partial charge < -0.3 is 9.52 Å². The molecule has 1 N–H and O–H groups in total. The second kappa shape index (κ2) is 4.96. The SMILES string of the molecule is CC(C)c1nc(C2CCCCS2(=O)=O)oc1C(=O)O. The summed E-state index contributed by atoms with van der Waals surface area (Å²) in [4.78, 5) is 15.2. The molecule has 6 nitrogen and oxygen atoms in total. The van der Waals surface area contributed by atoms with Crippen LogP contribution in [0.5, 0.6) is 0 Å². The fourth-order valence-corrected chi connectivity index (χ4v) is 4.09. The van der Waals surface area contributed by atoms with E-state index in [0.717, 1.165) is 6.42 Å². The summed E-state index contributed by atoms with van der Waals surface area (Å²) in [6, 6.07) is 0. The lowest BCUT2D eigenvalue weighted by Crippen LogP contribution is -2.21. The fourth-order valence-electron chi connectivity index (χ4n) is 2.26. The molecule has 7 heteroatoms. The molecule has 1 saturated heterocycles. The first-order chi connectivity index (χ1) is 8.83. The minimum Gasteiger partial charge on any atom is -0.475 e. The molecule has 1 aliphatic heterocycles. The van der Waals surface area contributed by atoms with E-state index in [-0.39, 0.29) is 23.3 Å². The van der Waals surface area contributed by atoms with Gasteiger partial charge in [-0.25, -0.2) is 18.2 Å². The van der Waals surface area contributed by atoms with Gasteiger partial charge in [0.1, 0.15) is 5.25 Å². The topological polar surface area (TPSA) is 97.5 Å². The zero-order valence-corrected chi connectivity index (χ0v) is 11.7. The molecule has 1 aliphatic rings. The van der Waals surface area contributed by atoms with Crippen LogP contribution < -0.4 is 0 Å². The molecule has 0 radical (unpaired) electrons. The van der Waals surface area contributed by atoms with E-state index in [9.17, 15) is 13.2 Å². The van der Waals surface area contributed by atoms with Crippen molar-refractivity contribution in [2.24, 2.45) is 0 Å². The number of hydrogen-bond donors (Lipinski definition) is 1. The minimum absolute atomic E-state index is 0.0285. The van der Waals surface area contributed by atoms with Gasteiger partial charge in [-0.1, -0.05) is 20.3 Å². The molecule has 1 fully saturated rings. The standard InChI is InChI=1S/C12H17NO5S/c1-7(2)9-10(12(14)15)18-11(13-9)8-5-3-4-6-19(8,16)17/h7-8H,3-6H2,1-2H3,(H,14,15). The molecule has 106 valence electrons. The third-order valence-corrected chi connectivity index (χ3v) is 5.43. The van der Waals surface area contributed by atoms with E-state index >= 15 is 0 Å². The third-order valence-electron chi connectivity index (χ3n) is 3.27. The summed E-state index contributed by atoms with van der Waals surface area (Å²) in [7, 11) is -3.28. The van der Waals surface area contributed by atoms with E-state index in [2.05, 4.69) is 4.98 Å². The Morgan fingerprint density at radius 1 is 1.42 bits per heavy atom. The highest BCUT2D eigenvalue weighted by Crippen LogP contribution is 2.34. The van der Waals surface area contributed by atoms with Gasteiger partial charge in [-0.2, -0.15) is 0 Å². The predicted molar refractivity (Wildman–Crippen MR) is 67.9 cm³/mol. The van der Waals surface area contributed by atoms with Gasteiger partial charge in [0.2, 0.25) is 11.7 Å². The summed E-state index contributed by atoms with van der Waals surface area (Å²) in [6.07, 6.45) is 1.87. The van der Waals surface area contributed by atoms with Gasteiger partial charge in [-0.3, -0.25) is 0 Å². The third kappa shape index (κ3) is 2.65. The van der Waals surface area contributed by atoms with E-state index in [1.165, 1.54) is 0 Å². The number of nitrogens with zero attached hydrogens (tertiary/aromatic N) is 1. The van der Waals surface area contributed by atoms with E-state index in [4.69, 9.17) is 9.52 Å². The molecule has 1 atom stereocenters. The first kappa shape index (κ1) is 14.0. The number of aromatic nitrogens is 1. The van der Waals surface area contributed by atoms with Gasteiger partial charge in [0, 0.05) is 0 Å². The maximum absolute atomic E-state index is 12.0. The first-order valence-corrected chi connectivity index (χ1v) is 8.00. The maximum Gasteiger partial charge on any atom is 0.373 e. The number of aromatic carboxylic acids is 1. The van der Waals surface area contributed by atoms with Crippen LogP contribution in [-0.2, 0) is 9.84 Å².